The van der Waals surface area contributed by atoms with Crippen LogP contribution >= 0.6 is 0 Å². The van der Waals surface area contributed by atoms with E-state index in [0.29, 0.717) is 12.0 Å². The van der Waals surface area contributed by atoms with Gasteiger partial charge in [0.15, 0.2) is 0 Å². The van der Waals surface area contributed by atoms with Crippen molar-refractivity contribution >= 4 is 0 Å². The lowest BCUT2D eigenvalue weighted by Crippen LogP contribution is -2.06. The van der Waals surface area contributed by atoms with Gasteiger partial charge in [-0.3, -0.25) is 0 Å². The first-order valence-corrected chi connectivity index (χ1v) is 5.30. The molecule has 0 N–H and O–H groups in total. The molecular formula is C12H13F4O2. The summed E-state index contributed by atoms with van der Waals surface area (Å²) in [5, 5.41) is 0. The maximum absolute atomic E-state index is 12.1. The van der Waals surface area contributed by atoms with Crippen molar-refractivity contribution < 1.29 is 27.0 Å². The summed E-state index contributed by atoms with van der Waals surface area (Å²) in [5.74, 6) is 0.450. The summed E-state index contributed by atoms with van der Waals surface area (Å²) in [7, 11) is 0. The van der Waals surface area contributed by atoms with Crippen molar-refractivity contribution in [3.8, 4) is 11.5 Å². The molecule has 0 fully saturated rings. The third-order valence-electron chi connectivity index (χ3n) is 2.35. The number of halogens is 4. The first kappa shape index (κ1) is 14.6. The van der Waals surface area contributed by atoms with Crippen LogP contribution < -0.4 is 9.47 Å². The zero-order valence-electron chi connectivity index (χ0n) is 9.92. The van der Waals surface area contributed by atoms with Crippen LogP contribution in [-0.4, -0.2) is 13.2 Å². The average molecular weight is 265 g/mol. The Balaban J connectivity index is 3.03. The van der Waals surface area contributed by atoms with Crippen LogP contribution in [0.1, 0.15) is 25.8 Å². The molecule has 1 aromatic carbocycles. The highest BCUT2D eigenvalue weighted by molar-refractivity contribution is 5.43. The number of hydrogen-bond acceptors (Lipinski definition) is 2. The Kier molecular flexibility index (Phi) is 5.25. The molecule has 2 nitrogen and oxygen atoms in total. The second-order valence-corrected chi connectivity index (χ2v) is 3.58. The molecule has 18 heavy (non-hydrogen) atoms. The molecule has 101 valence electrons. The Hall–Kier alpha value is -1.46. The number of rotatable bonds is 6. The third kappa shape index (κ3) is 4.43. The molecule has 0 aliphatic rings. The van der Waals surface area contributed by atoms with Crippen molar-refractivity contribution in [3.05, 3.63) is 29.7 Å². The Labute approximate surface area is 103 Å². The standard InChI is InChI=1S/C12H13F4O2/c1-3-7(2)8-4-9(17-11(13)14)6-10(5-8)18-12(15)16/h4-6,11-12H,3H2,1-2H3. The molecule has 0 spiro atoms. The third-order valence-corrected chi connectivity index (χ3v) is 2.35. The minimum Gasteiger partial charge on any atom is -0.435 e. The molecule has 0 atom stereocenters. The monoisotopic (exact) mass is 265 g/mol. The maximum Gasteiger partial charge on any atom is 0.387 e. The molecule has 0 saturated carbocycles. The number of hydrogen-bond donors (Lipinski definition) is 0. The van der Waals surface area contributed by atoms with Crippen molar-refractivity contribution in [1.82, 2.24) is 0 Å². The van der Waals surface area contributed by atoms with E-state index < -0.39 is 13.2 Å². The fraction of sp³-hybridized carbons (Fsp3) is 0.417. The van der Waals surface area contributed by atoms with Crippen LogP contribution in [0.5, 0.6) is 11.5 Å². The van der Waals surface area contributed by atoms with Gasteiger partial charge in [-0.25, -0.2) is 0 Å². The summed E-state index contributed by atoms with van der Waals surface area (Å²) in [4.78, 5) is 0. The highest BCUT2D eigenvalue weighted by Gasteiger charge is 2.13. The van der Waals surface area contributed by atoms with E-state index in [2.05, 4.69) is 9.47 Å². The fourth-order valence-corrected chi connectivity index (χ4v) is 1.36. The topological polar surface area (TPSA) is 18.5 Å². The summed E-state index contributed by atoms with van der Waals surface area (Å²) in [6.07, 6.45) is 0.659. The normalized spacial score (nSPS) is 11.4. The minimum atomic E-state index is -3.01. The Morgan fingerprint density at radius 3 is 1.78 bits per heavy atom. The van der Waals surface area contributed by atoms with Crippen LogP contribution in [0, 0.1) is 5.92 Å². The van der Waals surface area contributed by atoms with Crippen LogP contribution in [0.2, 0.25) is 0 Å². The lowest BCUT2D eigenvalue weighted by molar-refractivity contribution is -0.0543. The van der Waals surface area contributed by atoms with E-state index in [1.54, 1.807) is 6.92 Å². The van der Waals surface area contributed by atoms with Crippen LogP contribution in [0.25, 0.3) is 0 Å². The van der Waals surface area contributed by atoms with Gasteiger partial charge >= 0.3 is 13.2 Å². The van der Waals surface area contributed by atoms with Gasteiger partial charge in [0.2, 0.25) is 0 Å². The number of benzene rings is 1. The van der Waals surface area contributed by atoms with Gasteiger partial charge in [0.25, 0.3) is 0 Å². The van der Waals surface area contributed by atoms with Gasteiger partial charge in [-0.1, -0.05) is 13.8 Å². The van der Waals surface area contributed by atoms with Gasteiger partial charge in [0.05, 0.1) is 0 Å². The number of ether oxygens (including phenoxy) is 2. The van der Waals surface area contributed by atoms with E-state index in [-0.39, 0.29) is 11.5 Å². The largest absolute Gasteiger partial charge is 0.435 e. The lowest BCUT2D eigenvalue weighted by Gasteiger charge is -2.14. The van der Waals surface area contributed by atoms with E-state index in [0.717, 1.165) is 12.0 Å². The molecule has 6 heteroatoms. The van der Waals surface area contributed by atoms with Crippen molar-refractivity contribution in [3.63, 3.8) is 0 Å². The summed E-state index contributed by atoms with van der Waals surface area (Å²) >= 11 is 0. The van der Waals surface area contributed by atoms with Crippen molar-refractivity contribution in [1.29, 1.82) is 0 Å². The summed E-state index contributed by atoms with van der Waals surface area (Å²) in [5.41, 5.74) is 0.534. The Morgan fingerprint density at radius 1 is 1.00 bits per heavy atom. The van der Waals surface area contributed by atoms with E-state index >= 15 is 0 Å². The van der Waals surface area contributed by atoms with E-state index in [4.69, 9.17) is 0 Å². The Morgan fingerprint density at radius 2 is 1.44 bits per heavy atom. The molecule has 0 aliphatic heterocycles. The van der Waals surface area contributed by atoms with E-state index in [9.17, 15) is 17.6 Å². The lowest BCUT2D eigenvalue weighted by atomic mass is 9.98. The van der Waals surface area contributed by atoms with Crippen molar-refractivity contribution in [2.24, 2.45) is 0 Å². The molecule has 0 heterocycles. The Bertz CT molecular complexity index is 354. The molecule has 0 saturated heterocycles. The predicted octanol–water partition coefficient (Wildman–Crippen LogP) is 4.24. The summed E-state index contributed by atoms with van der Waals surface area (Å²) in [6, 6.07) is 3.73. The molecule has 1 radical (unpaired) electrons. The van der Waals surface area contributed by atoms with Gasteiger partial charge in [0, 0.05) is 12.0 Å². The van der Waals surface area contributed by atoms with Gasteiger partial charge in [0.1, 0.15) is 11.5 Å². The second kappa shape index (κ2) is 6.47. The smallest absolute Gasteiger partial charge is 0.387 e. The summed E-state index contributed by atoms with van der Waals surface area (Å²) < 4.78 is 56.8. The van der Waals surface area contributed by atoms with Crippen molar-refractivity contribution in [2.75, 3.05) is 0 Å². The van der Waals surface area contributed by atoms with Crippen LogP contribution in [0.3, 0.4) is 0 Å². The van der Waals surface area contributed by atoms with Crippen molar-refractivity contribution in [2.45, 2.75) is 33.5 Å². The molecule has 0 amide bonds. The molecule has 0 aromatic heterocycles. The molecule has 0 unspecified atom stereocenters. The molecule has 0 bridgehead atoms. The number of alkyl halides is 4. The first-order chi connectivity index (χ1) is 8.42. The molecule has 1 aromatic rings. The van der Waals surface area contributed by atoms with Crippen LogP contribution in [-0.2, 0) is 0 Å². The highest BCUT2D eigenvalue weighted by Crippen LogP contribution is 2.30. The zero-order chi connectivity index (χ0) is 13.7. The molecule has 1 rings (SSSR count). The van der Waals surface area contributed by atoms with Crippen LogP contribution in [0.15, 0.2) is 18.2 Å². The van der Waals surface area contributed by atoms with Gasteiger partial charge < -0.3 is 9.47 Å². The quantitative estimate of drug-likeness (QED) is 0.716. The maximum atomic E-state index is 12.1. The van der Waals surface area contributed by atoms with Gasteiger partial charge in [-0.2, -0.15) is 17.6 Å². The predicted molar refractivity (Wildman–Crippen MR) is 58.0 cm³/mol. The molecular weight excluding hydrogens is 252 g/mol. The zero-order valence-corrected chi connectivity index (χ0v) is 9.92. The van der Waals surface area contributed by atoms with Crippen LogP contribution in [0.4, 0.5) is 17.6 Å². The summed E-state index contributed by atoms with van der Waals surface area (Å²) in [6.45, 7) is -2.39. The minimum absolute atomic E-state index is 0.203. The highest BCUT2D eigenvalue weighted by atomic mass is 19.3. The van der Waals surface area contributed by atoms with Gasteiger partial charge in [-0.05, 0) is 24.1 Å². The van der Waals surface area contributed by atoms with E-state index in [1.807, 2.05) is 6.92 Å². The molecule has 0 aliphatic carbocycles. The van der Waals surface area contributed by atoms with Gasteiger partial charge in [-0.15, -0.1) is 0 Å². The fourth-order valence-electron chi connectivity index (χ4n) is 1.36. The van der Waals surface area contributed by atoms with E-state index in [1.165, 1.54) is 12.1 Å². The average Bonchev–Trinajstić information content (AvgIpc) is 2.25. The SMILES string of the molecule is CC[C](C)c1cc(OC(F)F)cc(OC(F)F)c1. The first-order valence-electron chi connectivity index (χ1n) is 5.30. The second-order valence-electron chi connectivity index (χ2n) is 3.58.